The van der Waals surface area contributed by atoms with E-state index in [1.807, 2.05) is 52.8 Å². The largest absolute Gasteiger partial charge is 0.497 e. The molecule has 1 atom stereocenters. The number of carbonyl (C=O) groups is 2. The highest BCUT2D eigenvalue weighted by Gasteiger charge is 2.32. The molecular formula is C32H41N3O5S. The molecule has 220 valence electrons. The molecule has 3 aromatic rings. The first-order valence-electron chi connectivity index (χ1n) is 13.7. The summed E-state index contributed by atoms with van der Waals surface area (Å²) in [4.78, 5) is 28.7. The SMILES string of the molecule is COc1ccc(CN(C(=O)CN(c2ccc(C)c(C)c2)S(=O)(=O)c2ccc(C)cc2)[C@H](C)C(=O)NCC(C)C)cc1. The lowest BCUT2D eigenvalue weighted by Crippen LogP contribution is -2.51. The minimum atomic E-state index is -4.11. The van der Waals surface area contributed by atoms with E-state index < -0.39 is 28.5 Å². The second-order valence-corrected chi connectivity index (χ2v) is 12.6. The van der Waals surface area contributed by atoms with Gasteiger partial charge in [-0.15, -0.1) is 0 Å². The van der Waals surface area contributed by atoms with Crippen LogP contribution in [0.1, 0.15) is 43.0 Å². The average Bonchev–Trinajstić information content (AvgIpc) is 2.94. The fraction of sp³-hybridized carbons (Fsp3) is 0.375. The van der Waals surface area contributed by atoms with Crippen LogP contribution in [0.3, 0.4) is 0 Å². The molecule has 0 aliphatic heterocycles. The van der Waals surface area contributed by atoms with Gasteiger partial charge in [0.05, 0.1) is 17.7 Å². The summed E-state index contributed by atoms with van der Waals surface area (Å²) in [5, 5.41) is 2.90. The normalized spacial score (nSPS) is 12.1. The topological polar surface area (TPSA) is 96.0 Å². The Labute approximate surface area is 244 Å². The number of carbonyl (C=O) groups excluding carboxylic acids is 2. The lowest BCUT2D eigenvalue weighted by atomic mass is 10.1. The van der Waals surface area contributed by atoms with E-state index in [2.05, 4.69) is 5.32 Å². The monoisotopic (exact) mass is 579 g/mol. The number of sulfonamides is 1. The molecule has 0 aliphatic carbocycles. The minimum absolute atomic E-state index is 0.0820. The quantitative estimate of drug-likeness (QED) is 0.326. The van der Waals surface area contributed by atoms with Crippen LogP contribution in [0.15, 0.2) is 71.6 Å². The van der Waals surface area contributed by atoms with Gasteiger partial charge in [0.15, 0.2) is 0 Å². The average molecular weight is 580 g/mol. The number of benzene rings is 3. The van der Waals surface area contributed by atoms with Crippen molar-refractivity contribution < 1.29 is 22.7 Å². The number of nitrogens with zero attached hydrogens (tertiary/aromatic N) is 2. The number of ether oxygens (including phenoxy) is 1. The summed E-state index contributed by atoms with van der Waals surface area (Å²) in [5.74, 6) is 0.0953. The number of hydrogen-bond donors (Lipinski definition) is 1. The van der Waals surface area contributed by atoms with Gasteiger partial charge in [0.2, 0.25) is 11.8 Å². The molecule has 0 spiro atoms. The van der Waals surface area contributed by atoms with Gasteiger partial charge in [0.1, 0.15) is 18.3 Å². The summed E-state index contributed by atoms with van der Waals surface area (Å²) in [6, 6.07) is 18.2. The van der Waals surface area contributed by atoms with Gasteiger partial charge < -0.3 is 15.0 Å². The van der Waals surface area contributed by atoms with Crippen LogP contribution in [0.2, 0.25) is 0 Å². The Bertz CT molecular complexity index is 1450. The van der Waals surface area contributed by atoms with Gasteiger partial charge in [-0.1, -0.05) is 49.7 Å². The molecule has 9 heteroatoms. The Balaban J connectivity index is 2.03. The van der Waals surface area contributed by atoms with Crippen molar-refractivity contribution >= 4 is 27.5 Å². The standard InChI is InChI=1S/C32H41N3O5S/c1-22(2)19-33-32(37)26(6)34(20-27-11-14-29(40-7)15-12-27)31(36)21-35(28-13-10-24(4)25(5)18-28)41(38,39)30-16-8-23(3)9-17-30/h8-18,22,26H,19-21H2,1-7H3,(H,33,37)/t26-/m1/s1. The zero-order valence-electron chi connectivity index (χ0n) is 25.0. The van der Waals surface area contributed by atoms with Gasteiger partial charge in [-0.2, -0.15) is 0 Å². The van der Waals surface area contributed by atoms with Crippen LogP contribution in [-0.2, 0) is 26.2 Å². The Morgan fingerprint density at radius 1 is 0.878 bits per heavy atom. The predicted molar refractivity (Wildman–Crippen MR) is 162 cm³/mol. The van der Waals surface area contributed by atoms with Crippen molar-refractivity contribution in [3.8, 4) is 5.75 Å². The van der Waals surface area contributed by atoms with E-state index >= 15 is 0 Å². The fourth-order valence-corrected chi connectivity index (χ4v) is 5.62. The van der Waals surface area contributed by atoms with Crippen LogP contribution >= 0.6 is 0 Å². The molecule has 0 unspecified atom stereocenters. The molecule has 0 fully saturated rings. The Morgan fingerprint density at radius 3 is 2.07 bits per heavy atom. The molecule has 0 saturated heterocycles. The maximum absolute atomic E-state index is 14.0. The van der Waals surface area contributed by atoms with Crippen LogP contribution in [0.4, 0.5) is 5.69 Å². The molecule has 0 radical (unpaired) electrons. The molecule has 3 rings (SSSR count). The fourth-order valence-electron chi connectivity index (χ4n) is 4.21. The number of aryl methyl sites for hydroxylation is 3. The van der Waals surface area contributed by atoms with Gasteiger partial charge in [0.25, 0.3) is 10.0 Å². The third-order valence-corrected chi connectivity index (χ3v) is 8.82. The number of methoxy groups -OCH3 is 1. The van der Waals surface area contributed by atoms with Gasteiger partial charge >= 0.3 is 0 Å². The van der Waals surface area contributed by atoms with E-state index in [1.54, 1.807) is 62.6 Å². The van der Waals surface area contributed by atoms with Crippen molar-refractivity contribution in [1.29, 1.82) is 0 Å². The van der Waals surface area contributed by atoms with Crippen LogP contribution < -0.4 is 14.4 Å². The first-order chi connectivity index (χ1) is 19.3. The van der Waals surface area contributed by atoms with E-state index in [0.29, 0.717) is 18.0 Å². The number of rotatable bonds is 12. The van der Waals surface area contributed by atoms with E-state index in [0.717, 1.165) is 26.6 Å². The van der Waals surface area contributed by atoms with Crippen molar-refractivity contribution in [2.45, 2.75) is 59.0 Å². The number of amides is 2. The maximum Gasteiger partial charge on any atom is 0.264 e. The minimum Gasteiger partial charge on any atom is -0.497 e. The molecule has 2 amide bonds. The molecule has 0 bridgehead atoms. The highest BCUT2D eigenvalue weighted by atomic mass is 32.2. The molecule has 0 heterocycles. The number of hydrogen-bond acceptors (Lipinski definition) is 5. The Morgan fingerprint density at radius 2 is 1.51 bits per heavy atom. The predicted octanol–water partition coefficient (Wildman–Crippen LogP) is 5.01. The third kappa shape index (κ3) is 8.10. The Hall–Kier alpha value is -3.85. The highest BCUT2D eigenvalue weighted by Crippen LogP contribution is 2.27. The van der Waals surface area contributed by atoms with Crippen molar-refractivity contribution in [3.63, 3.8) is 0 Å². The van der Waals surface area contributed by atoms with E-state index in [4.69, 9.17) is 4.74 Å². The highest BCUT2D eigenvalue weighted by molar-refractivity contribution is 7.92. The summed E-state index contributed by atoms with van der Waals surface area (Å²) in [5.41, 5.74) is 3.98. The van der Waals surface area contributed by atoms with Crippen LogP contribution in [0, 0.1) is 26.7 Å². The molecule has 41 heavy (non-hydrogen) atoms. The van der Waals surface area contributed by atoms with Gasteiger partial charge in [-0.25, -0.2) is 8.42 Å². The number of nitrogens with one attached hydrogen (secondary N) is 1. The molecule has 8 nitrogen and oxygen atoms in total. The van der Waals surface area contributed by atoms with Crippen molar-refractivity contribution in [1.82, 2.24) is 10.2 Å². The number of anilines is 1. The third-order valence-electron chi connectivity index (χ3n) is 7.03. The van der Waals surface area contributed by atoms with Crippen molar-refractivity contribution in [2.24, 2.45) is 5.92 Å². The molecule has 0 aliphatic rings. The first kappa shape index (κ1) is 31.7. The molecule has 0 aromatic heterocycles. The zero-order valence-corrected chi connectivity index (χ0v) is 25.8. The van der Waals surface area contributed by atoms with Gasteiger partial charge in [-0.3, -0.25) is 13.9 Å². The zero-order chi connectivity index (χ0) is 30.3. The maximum atomic E-state index is 14.0. The summed E-state index contributed by atoms with van der Waals surface area (Å²) in [6.07, 6.45) is 0. The second-order valence-electron chi connectivity index (χ2n) is 10.8. The van der Waals surface area contributed by atoms with Gasteiger partial charge in [-0.05, 0) is 86.7 Å². The molecule has 0 saturated carbocycles. The lowest BCUT2D eigenvalue weighted by Gasteiger charge is -2.32. The summed E-state index contributed by atoms with van der Waals surface area (Å²) >= 11 is 0. The summed E-state index contributed by atoms with van der Waals surface area (Å²) < 4.78 is 34.3. The second kappa shape index (κ2) is 13.7. The van der Waals surface area contributed by atoms with Crippen molar-refractivity contribution in [2.75, 3.05) is 24.5 Å². The van der Waals surface area contributed by atoms with Crippen LogP contribution in [0.5, 0.6) is 5.75 Å². The summed E-state index contributed by atoms with van der Waals surface area (Å²) in [6.45, 7) is 11.5. The van der Waals surface area contributed by atoms with Crippen LogP contribution in [0.25, 0.3) is 0 Å². The van der Waals surface area contributed by atoms with Crippen LogP contribution in [-0.4, -0.2) is 51.4 Å². The smallest absolute Gasteiger partial charge is 0.264 e. The van der Waals surface area contributed by atoms with E-state index in [1.165, 1.54) is 4.90 Å². The van der Waals surface area contributed by atoms with Gasteiger partial charge in [0, 0.05) is 13.1 Å². The Kier molecular flexibility index (Phi) is 10.6. The lowest BCUT2D eigenvalue weighted by molar-refractivity contribution is -0.139. The first-order valence-corrected chi connectivity index (χ1v) is 15.1. The molecule has 1 N–H and O–H groups in total. The van der Waals surface area contributed by atoms with E-state index in [-0.39, 0.29) is 23.3 Å². The summed E-state index contributed by atoms with van der Waals surface area (Å²) in [7, 11) is -2.54. The van der Waals surface area contributed by atoms with E-state index in [9.17, 15) is 18.0 Å². The molecule has 3 aromatic carbocycles. The molecular weight excluding hydrogens is 538 g/mol. The van der Waals surface area contributed by atoms with Crippen molar-refractivity contribution in [3.05, 3.63) is 89.0 Å².